The van der Waals surface area contributed by atoms with Gasteiger partial charge in [-0.05, 0) is 37.5 Å². The van der Waals surface area contributed by atoms with Crippen LogP contribution < -0.4 is 0 Å². The van der Waals surface area contributed by atoms with E-state index in [1.165, 1.54) is 5.57 Å². The van der Waals surface area contributed by atoms with Crippen molar-refractivity contribution in [3.8, 4) is 0 Å². The van der Waals surface area contributed by atoms with Gasteiger partial charge in [0, 0.05) is 62.3 Å². The van der Waals surface area contributed by atoms with E-state index in [-0.39, 0.29) is 11.7 Å². The van der Waals surface area contributed by atoms with Gasteiger partial charge in [-0.3, -0.25) is 19.4 Å². The SMILES string of the molecule is CC1=CN(C(=O)c2ccccc2)CN(CCCCN2CC(C(=O)c3ccccc3)=CN(C)C2)C1. The highest BCUT2D eigenvalue weighted by molar-refractivity contribution is 6.09. The number of Topliss-reactive ketones (excluding diaryl/α,β-unsaturated/α-hetero) is 1. The molecule has 2 aromatic rings. The van der Waals surface area contributed by atoms with Gasteiger partial charge in [-0.25, -0.2) is 0 Å². The van der Waals surface area contributed by atoms with Crippen LogP contribution in [0.2, 0.25) is 0 Å². The first-order valence-electron chi connectivity index (χ1n) is 12.0. The van der Waals surface area contributed by atoms with Crippen molar-refractivity contribution < 1.29 is 9.59 Å². The van der Waals surface area contributed by atoms with Crippen molar-refractivity contribution in [3.05, 3.63) is 95.3 Å². The molecule has 0 aliphatic carbocycles. The van der Waals surface area contributed by atoms with Crippen molar-refractivity contribution in [2.24, 2.45) is 0 Å². The van der Waals surface area contributed by atoms with E-state index in [2.05, 4.69) is 21.6 Å². The molecule has 2 aliphatic rings. The number of rotatable bonds is 8. The molecule has 0 fully saturated rings. The summed E-state index contributed by atoms with van der Waals surface area (Å²) >= 11 is 0. The van der Waals surface area contributed by atoms with Crippen molar-refractivity contribution in [1.82, 2.24) is 19.6 Å². The Kier molecular flexibility index (Phi) is 7.93. The maximum Gasteiger partial charge on any atom is 0.258 e. The normalized spacial score (nSPS) is 17.4. The van der Waals surface area contributed by atoms with E-state index in [0.29, 0.717) is 13.2 Å². The van der Waals surface area contributed by atoms with Gasteiger partial charge in [-0.2, -0.15) is 0 Å². The first-order chi connectivity index (χ1) is 16.5. The Morgan fingerprint density at radius 3 is 2.00 bits per heavy atom. The van der Waals surface area contributed by atoms with Crippen LogP contribution in [-0.4, -0.2) is 77.9 Å². The van der Waals surface area contributed by atoms with Crippen LogP contribution in [0.15, 0.2) is 84.2 Å². The number of amides is 1. The molecule has 0 spiro atoms. The van der Waals surface area contributed by atoms with Gasteiger partial charge in [0.1, 0.15) is 0 Å². The van der Waals surface area contributed by atoms with Crippen LogP contribution in [0, 0.1) is 0 Å². The Balaban J connectivity index is 1.25. The van der Waals surface area contributed by atoms with E-state index in [0.717, 1.165) is 55.8 Å². The average Bonchev–Trinajstić information content (AvgIpc) is 2.86. The monoisotopic (exact) mass is 458 g/mol. The molecule has 2 aromatic carbocycles. The quantitative estimate of drug-likeness (QED) is 0.441. The number of ketones is 1. The van der Waals surface area contributed by atoms with Gasteiger partial charge < -0.3 is 9.80 Å². The second-order valence-corrected chi connectivity index (χ2v) is 9.32. The minimum absolute atomic E-state index is 0.0448. The standard InChI is InChI=1S/C28H34N4O2/c1-23-17-30(22-32(18-23)28(34)25-13-7-4-8-14-25)15-9-10-16-31-20-26(19-29(2)21-31)27(33)24-11-5-3-6-12-24/h3-8,11-14,18-19H,9-10,15-17,20-22H2,1-2H3. The van der Waals surface area contributed by atoms with E-state index in [1.54, 1.807) is 0 Å². The lowest BCUT2D eigenvalue weighted by atomic mass is 10.0. The first-order valence-corrected chi connectivity index (χ1v) is 12.0. The largest absolute Gasteiger partial charge is 0.367 e. The van der Waals surface area contributed by atoms with Gasteiger partial charge in [0.2, 0.25) is 0 Å². The van der Waals surface area contributed by atoms with Crippen LogP contribution in [0.25, 0.3) is 0 Å². The number of carbonyl (C=O) groups is 2. The molecular weight excluding hydrogens is 424 g/mol. The third-order valence-electron chi connectivity index (χ3n) is 6.20. The lowest BCUT2D eigenvalue weighted by Gasteiger charge is -2.34. The smallest absolute Gasteiger partial charge is 0.258 e. The number of nitrogens with zero attached hydrogens (tertiary/aromatic N) is 4. The lowest BCUT2D eigenvalue weighted by Crippen LogP contribution is -2.44. The zero-order valence-corrected chi connectivity index (χ0v) is 20.2. The number of carbonyl (C=O) groups excluding carboxylic acids is 2. The molecule has 0 unspecified atom stereocenters. The summed E-state index contributed by atoms with van der Waals surface area (Å²) in [6.07, 6.45) is 6.05. The van der Waals surface area contributed by atoms with Crippen molar-refractivity contribution in [2.75, 3.05) is 46.6 Å². The molecule has 0 atom stereocenters. The molecule has 0 saturated carbocycles. The van der Waals surface area contributed by atoms with Crippen LogP contribution >= 0.6 is 0 Å². The molecule has 178 valence electrons. The van der Waals surface area contributed by atoms with Crippen molar-refractivity contribution >= 4 is 11.7 Å². The van der Waals surface area contributed by atoms with E-state index < -0.39 is 0 Å². The first kappa shape index (κ1) is 23.9. The summed E-state index contributed by atoms with van der Waals surface area (Å²) in [6, 6.07) is 19.0. The molecule has 0 bridgehead atoms. The third-order valence-corrected chi connectivity index (χ3v) is 6.20. The molecular formula is C28H34N4O2. The Morgan fingerprint density at radius 1 is 0.765 bits per heavy atom. The Bertz CT molecular complexity index is 1040. The molecule has 6 heteroatoms. The lowest BCUT2D eigenvalue weighted by molar-refractivity contribution is 0.0702. The van der Waals surface area contributed by atoms with Crippen LogP contribution in [0.3, 0.4) is 0 Å². The summed E-state index contributed by atoms with van der Waals surface area (Å²) in [5, 5.41) is 0. The minimum atomic E-state index is 0.0448. The zero-order chi connectivity index (χ0) is 23.9. The maximum atomic E-state index is 12.9. The summed E-state index contributed by atoms with van der Waals surface area (Å²) in [5.74, 6) is 0.152. The molecule has 2 heterocycles. The van der Waals surface area contributed by atoms with Crippen LogP contribution in [0.5, 0.6) is 0 Å². The van der Waals surface area contributed by atoms with E-state index in [9.17, 15) is 9.59 Å². The van der Waals surface area contributed by atoms with E-state index in [1.807, 2.05) is 85.0 Å². The molecule has 6 nitrogen and oxygen atoms in total. The predicted octanol–water partition coefficient (Wildman–Crippen LogP) is 4.06. The summed E-state index contributed by atoms with van der Waals surface area (Å²) in [5.41, 5.74) is 3.50. The second-order valence-electron chi connectivity index (χ2n) is 9.32. The summed E-state index contributed by atoms with van der Waals surface area (Å²) in [4.78, 5) is 34.3. The Labute approximate surface area is 202 Å². The fraction of sp³-hybridized carbons (Fsp3) is 0.357. The number of benzene rings is 2. The number of unbranched alkanes of at least 4 members (excludes halogenated alkanes) is 1. The highest BCUT2D eigenvalue weighted by Crippen LogP contribution is 2.17. The molecule has 2 aliphatic heterocycles. The highest BCUT2D eigenvalue weighted by Gasteiger charge is 2.23. The molecule has 0 saturated heterocycles. The van der Waals surface area contributed by atoms with Gasteiger partial charge in [-0.1, -0.05) is 48.5 Å². The number of hydrogen-bond acceptors (Lipinski definition) is 5. The summed E-state index contributed by atoms with van der Waals surface area (Å²) in [6.45, 7) is 7.00. The number of hydrogen-bond donors (Lipinski definition) is 0. The van der Waals surface area contributed by atoms with Crippen molar-refractivity contribution in [2.45, 2.75) is 19.8 Å². The fourth-order valence-electron chi connectivity index (χ4n) is 4.67. The van der Waals surface area contributed by atoms with Gasteiger partial charge in [-0.15, -0.1) is 0 Å². The van der Waals surface area contributed by atoms with Gasteiger partial charge in [0.25, 0.3) is 5.91 Å². The molecule has 1 amide bonds. The zero-order valence-electron chi connectivity index (χ0n) is 20.2. The minimum Gasteiger partial charge on any atom is -0.367 e. The molecule has 0 N–H and O–H groups in total. The molecule has 0 aromatic heterocycles. The van der Waals surface area contributed by atoms with E-state index in [4.69, 9.17) is 0 Å². The van der Waals surface area contributed by atoms with E-state index >= 15 is 0 Å². The van der Waals surface area contributed by atoms with Gasteiger partial charge in [0.15, 0.2) is 5.78 Å². The Hall–Kier alpha value is -3.22. The summed E-state index contributed by atoms with van der Waals surface area (Å²) in [7, 11) is 2.02. The van der Waals surface area contributed by atoms with Crippen molar-refractivity contribution in [1.29, 1.82) is 0 Å². The molecule has 34 heavy (non-hydrogen) atoms. The van der Waals surface area contributed by atoms with Crippen LogP contribution in [0.1, 0.15) is 40.5 Å². The summed E-state index contributed by atoms with van der Waals surface area (Å²) < 4.78 is 0. The van der Waals surface area contributed by atoms with Gasteiger partial charge >= 0.3 is 0 Å². The fourth-order valence-corrected chi connectivity index (χ4v) is 4.67. The van der Waals surface area contributed by atoms with Crippen LogP contribution in [0.4, 0.5) is 0 Å². The average molecular weight is 459 g/mol. The van der Waals surface area contributed by atoms with Gasteiger partial charge in [0.05, 0.1) is 13.3 Å². The van der Waals surface area contributed by atoms with Crippen molar-refractivity contribution in [3.63, 3.8) is 0 Å². The van der Waals surface area contributed by atoms with Crippen LogP contribution in [-0.2, 0) is 0 Å². The highest BCUT2D eigenvalue weighted by atomic mass is 16.2. The second kappa shape index (κ2) is 11.3. The molecule has 0 radical (unpaired) electrons. The molecule has 4 rings (SSSR count). The Morgan fingerprint density at radius 2 is 1.35 bits per heavy atom. The maximum absolute atomic E-state index is 12.9. The third kappa shape index (κ3) is 6.22. The topological polar surface area (TPSA) is 47.1 Å². The predicted molar refractivity (Wildman–Crippen MR) is 135 cm³/mol.